The largest absolute Gasteiger partial charge is 0.393 e. The molecule has 0 bridgehead atoms. The van der Waals surface area contributed by atoms with Crippen LogP contribution in [-0.2, 0) is 9.59 Å². The number of fused-ring (bicyclic) bond motifs is 5. The molecule has 0 aromatic heterocycles. The van der Waals surface area contributed by atoms with Crippen LogP contribution < -0.4 is 0 Å². The summed E-state index contributed by atoms with van der Waals surface area (Å²) in [5.41, 5.74) is 0.679. The van der Waals surface area contributed by atoms with E-state index in [0.29, 0.717) is 25.2 Å². The van der Waals surface area contributed by atoms with Gasteiger partial charge in [-0.2, -0.15) is 0 Å². The highest BCUT2D eigenvalue weighted by Gasteiger charge is 2.65. The van der Waals surface area contributed by atoms with E-state index in [9.17, 15) is 19.8 Å². The van der Waals surface area contributed by atoms with Crippen LogP contribution in [0.2, 0.25) is 0 Å². The number of carbonyl (C=O) groups excluding carboxylic acids is 2. The number of Topliss-reactive ketones (excluding diaryl/α,β-unsaturated/α-hetero) is 1. The van der Waals surface area contributed by atoms with E-state index in [1.807, 2.05) is 13.0 Å². The molecule has 0 aromatic rings. The first-order valence-electron chi connectivity index (χ1n) is 9.80. The standard InChI is InChI=1S/C21H30O4/c1-11(22)15-9-17(24)19-14-5-4-12-8-13(23)6-7-20(12,2)16(14)10-18(25)21(15,19)3/h8,14-19,24-25H,4-7,9-10H2,1-3H3/t14-,15-,16-,17+,18-,19+,20+,21+/m1/s1. The molecular formula is C21H30O4. The minimum atomic E-state index is -0.571. The van der Waals surface area contributed by atoms with E-state index in [0.717, 1.165) is 19.3 Å². The van der Waals surface area contributed by atoms with Crippen LogP contribution >= 0.6 is 0 Å². The summed E-state index contributed by atoms with van der Waals surface area (Å²) in [6.45, 7) is 5.87. The number of carbonyl (C=O) groups is 2. The molecular weight excluding hydrogens is 316 g/mol. The molecule has 0 heterocycles. The van der Waals surface area contributed by atoms with Crippen molar-refractivity contribution in [1.29, 1.82) is 0 Å². The van der Waals surface area contributed by atoms with E-state index in [2.05, 4.69) is 6.92 Å². The van der Waals surface area contributed by atoms with Crippen LogP contribution in [0.3, 0.4) is 0 Å². The maximum atomic E-state index is 12.2. The fourth-order valence-electron chi connectivity index (χ4n) is 7.20. The zero-order valence-corrected chi connectivity index (χ0v) is 15.5. The lowest BCUT2D eigenvalue weighted by Gasteiger charge is -2.59. The molecule has 8 atom stereocenters. The Kier molecular flexibility index (Phi) is 3.83. The molecule has 4 heteroatoms. The molecule has 0 saturated heterocycles. The topological polar surface area (TPSA) is 74.6 Å². The van der Waals surface area contributed by atoms with Crippen LogP contribution in [0.4, 0.5) is 0 Å². The van der Waals surface area contributed by atoms with Gasteiger partial charge >= 0.3 is 0 Å². The minimum Gasteiger partial charge on any atom is -0.393 e. The lowest BCUT2D eigenvalue weighted by Crippen LogP contribution is -2.58. The normalized spacial score (nSPS) is 52.0. The zero-order chi connectivity index (χ0) is 18.1. The Hall–Kier alpha value is -1.00. The van der Waals surface area contributed by atoms with Gasteiger partial charge in [0, 0.05) is 17.8 Å². The van der Waals surface area contributed by atoms with Crippen molar-refractivity contribution in [2.24, 2.45) is 34.5 Å². The predicted molar refractivity (Wildman–Crippen MR) is 93.7 cm³/mol. The van der Waals surface area contributed by atoms with E-state index in [4.69, 9.17) is 0 Å². The average molecular weight is 346 g/mol. The summed E-state index contributed by atoms with van der Waals surface area (Å²) in [6, 6.07) is 0. The summed E-state index contributed by atoms with van der Waals surface area (Å²) in [5.74, 6) is 0.654. The highest BCUT2D eigenvalue weighted by molar-refractivity contribution is 5.91. The van der Waals surface area contributed by atoms with Crippen LogP contribution in [-0.4, -0.2) is 34.0 Å². The van der Waals surface area contributed by atoms with Gasteiger partial charge in [-0.1, -0.05) is 19.4 Å². The molecule has 4 nitrogen and oxygen atoms in total. The monoisotopic (exact) mass is 346 g/mol. The minimum absolute atomic E-state index is 0.0221. The van der Waals surface area contributed by atoms with Gasteiger partial charge in [-0.25, -0.2) is 0 Å². The predicted octanol–water partition coefficient (Wildman–Crippen LogP) is 2.67. The van der Waals surface area contributed by atoms with Gasteiger partial charge in [0.2, 0.25) is 0 Å². The summed E-state index contributed by atoms with van der Waals surface area (Å²) >= 11 is 0. The SMILES string of the molecule is CC(=O)[C@H]1C[C@H](O)[C@@H]2[C@@H]3CCC4=CC(=O)CC[C@]4(C)[C@@H]3C[C@@H](O)[C@@]21C. The summed E-state index contributed by atoms with van der Waals surface area (Å²) in [6.07, 6.45) is 5.21. The molecule has 0 aliphatic heterocycles. The summed E-state index contributed by atoms with van der Waals surface area (Å²) < 4.78 is 0. The highest BCUT2D eigenvalue weighted by atomic mass is 16.3. The first kappa shape index (κ1) is 17.4. The van der Waals surface area contributed by atoms with Gasteiger partial charge in [0.25, 0.3) is 0 Å². The maximum Gasteiger partial charge on any atom is 0.155 e. The molecule has 0 unspecified atom stereocenters. The Morgan fingerprint density at radius 1 is 1.20 bits per heavy atom. The van der Waals surface area contributed by atoms with E-state index in [-0.39, 0.29) is 34.7 Å². The lowest BCUT2D eigenvalue weighted by molar-refractivity contribution is -0.157. The molecule has 4 rings (SSSR count). The Bertz CT molecular complexity index is 652. The molecule has 3 saturated carbocycles. The molecule has 2 N–H and O–H groups in total. The number of aliphatic hydroxyl groups excluding tert-OH is 2. The molecule has 0 aromatic carbocycles. The Morgan fingerprint density at radius 2 is 1.92 bits per heavy atom. The average Bonchev–Trinajstić information content (AvgIpc) is 2.82. The highest BCUT2D eigenvalue weighted by Crippen LogP contribution is 2.66. The number of aliphatic hydroxyl groups is 2. The van der Waals surface area contributed by atoms with Crippen molar-refractivity contribution in [1.82, 2.24) is 0 Å². The van der Waals surface area contributed by atoms with Gasteiger partial charge in [0.15, 0.2) is 5.78 Å². The van der Waals surface area contributed by atoms with Crippen LogP contribution in [0.15, 0.2) is 11.6 Å². The molecule has 0 amide bonds. The molecule has 4 aliphatic carbocycles. The van der Waals surface area contributed by atoms with Gasteiger partial charge in [0.05, 0.1) is 12.2 Å². The van der Waals surface area contributed by atoms with E-state index >= 15 is 0 Å². The molecule has 25 heavy (non-hydrogen) atoms. The van der Waals surface area contributed by atoms with Crippen LogP contribution in [0, 0.1) is 34.5 Å². The molecule has 0 spiro atoms. The zero-order valence-electron chi connectivity index (χ0n) is 15.5. The van der Waals surface area contributed by atoms with Gasteiger partial charge in [-0.3, -0.25) is 9.59 Å². The van der Waals surface area contributed by atoms with Gasteiger partial charge < -0.3 is 10.2 Å². The second kappa shape index (κ2) is 5.50. The fraction of sp³-hybridized carbons (Fsp3) is 0.810. The first-order chi connectivity index (χ1) is 11.7. The Labute approximate surface area is 149 Å². The van der Waals surface area contributed by atoms with E-state index < -0.39 is 17.6 Å². The number of hydrogen-bond acceptors (Lipinski definition) is 4. The summed E-state index contributed by atoms with van der Waals surface area (Å²) in [4.78, 5) is 24.1. The van der Waals surface area contributed by atoms with Crippen molar-refractivity contribution in [3.8, 4) is 0 Å². The van der Waals surface area contributed by atoms with Crippen molar-refractivity contribution in [2.45, 2.75) is 71.5 Å². The van der Waals surface area contributed by atoms with E-state index in [1.54, 1.807) is 6.92 Å². The molecule has 138 valence electrons. The van der Waals surface area contributed by atoms with E-state index in [1.165, 1.54) is 5.57 Å². The Balaban J connectivity index is 1.75. The third kappa shape index (κ3) is 2.19. The van der Waals surface area contributed by atoms with Gasteiger partial charge in [-0.15, -0.1) is 0 Å². The van der Waals surface area contributed by atoms with Crippen molar-refractivity contribution in [3.63, 3.8) is 0 Å². The van der Waals surface area contributed by atoms with Crippen molar-refractivity contribution < 1.29 is 19.8 Å². The van der Waals surface area contributed by atoms with Crippen LogP contribution in [0.25, 0.3) is 0 Å². The number of rotatable bonds is 1. The first-order valence-corrected chi connectivity index (χ1v) is 9.80. The summed E-state index contributed by atoms with van der Waals surface area (Å²) in [5, 5.41) is 22.0. The molecule has 4 aliphatic rings. The summed E-state index contributed by atoms with van der Waals surface area (Å²) in [7, 11) is 0. The fourth-order valence-corrected chi connectivity index (χ4v) is 7.20. The van der Waals surface area contributed by atoms with Crippen LogP contribution in [0.5, 0.6) is 0 Å². The third-order valence-electron chi connectivity index (χ3n) is 8.55. The Morgan fingerprint density at radius 3 is 2.60 bits per heavy atom. The third-order valence-corrected chi connectivity index (χ3v) is 8.55. The van der Waals surface area contributed by atoms with Crippen molar-refractivity contribution in [2.75, 3.05) is 0 Å². The number of hydrogen-bond donors (Lipinski definition) is 2. The molecule has 0 radical (unpaired) electrons. The van der Waals surface area contributed by atoms with Gasteiger partial charge in [-0.05, 0) is 68.3 Å². The maximum absolute atomic E-state index is 12.2. The number of allylic oxidation sites excluding steroid dienone is 1. The van der Waals surface area contributed by atoms with Crippen molar-refractivity contribution >= 4 is 11.6 Å². The lowest BCUT2D eigenvalue weighted by atomic mass is 9.45. The molecule has 3 fully saturated rings. The smallest absolute Gasteiger partial charge is 0.155 e. The quantitative estimate of drug-likeness (QED) is 0.765. The van der Waals surface area contributed by atoms with Crippen LogP contribution in [0.1, 0.15) is 59.3 Å². The number of ketones is 2. The second-order valence-corrected chi connectivity index (χ2v) is 9.47. The van der Waals surface area contributed by atoms with Crippen molar-refractivity contribution in [3.05, 3.63) is 11.6 Å². The second-order valence-electron chi connectivity index (χ2n) is 9.47. The van der Waals surface area contributed by atoms with Gasteiger partial charge in [0.1, 0.15) is 5.78 Å².